The van der Waals surface area contributed by atoms with Gasteiger partial charge in [0.25, 0.3) is 0 Å². The molecule has 138 valence electrons. The lowest BCUT2D eigenvalue weighted by Crippen LogP contribution is -2.51. The number of benzene rings is 2. The van der Waals surface area contributed by atoms with Crippen LogP contribution in [0, 0.1) is 0 Å². The molecule has 0 spiro atoms. The van der Waals surface area contributed by atoms with Crippen LogP contribution in [-0.4, -0.2) is 39.7 Å². The number of hydrogen-bond donors (Lipinski definition) is 2. The Labute approximate surface area is 152 Å². The van der Waals surface area contributed by atoms with Gasteiger partial charge in [-0.2, -0.15) is 0 Å². The molecule has 1 heterocycles. The summed E-state index contributed by atoms with van der Waals surface area (Å²) in [6.07, 6.45) is 0.154. The van der Waals surface area contributed by atoms with Crippen LogP contribution in [0.5, 0.6) is 5.75 Å². The van der Waals surface area contributed by atoms with E-state index in [1.54, 1.807) is 42.5 Å². The van der Waals surface area contributed by atoms with Crippen LogP contribution in [0.25, 0.3) is 0 Å². The van der Waals surface area contributed by atoms with Crippen molar-refractivity contribution in [2.45, 2.75) is 23.5 Å². The van der Waals surface area contributed by atoms with E-state index in [4.69, 9.17) is 15.2 Å². The maximum atomic E-state index is 12.5. The van der Waals surface area contributed by atoms with E-state index in [9.17, 15) is 13.2 Å². The molecule has 2 aromatic carbocycles. The molecular weight excluding hydrogens is 356 g/mol. The van der Waals surface area contributed by atoms with Crippen molar-refractivity contribution >= 4 is 15.9 Å². The molecule has 2 aromatic rings. The second kappa shape index (κ2) is 7.86. The van der Waals surface area contributed by atoms with E-state index >= 15 is 0 Å². The van der Waals surface area contributed by atoms with Crippen molar-refractivity contribution < 1.29 is 22.7 Å². The topological polar surface area (TPSA) is 108 Å². The monoisotopic (exact) mass is 376 g/mol. The molecule has 0 bridgehead atoms. The standard InChI is InChI=1S/C18H20N2O5S/c19-18(21)13-6-8-14(9-7-13)25-17-10-11-24-12-16(17)20-26(22,23)15-4-2-1-3-5-15/h1-9,16-17,20H,10-12H2,(H2,19,21)/t16-,17-/m1/s1. The third-order valence-electron chi connectivity index (χ3n) is 4.08. The fraction of sp³-hybridized carbons (Fsp3) is 0.278. The highest BCUT2D eigenvalue weighted by molar-refractivity contribution is 7.89. The van der Waals surface area contributed by atoms with Crippen molar-refractivity contribution in [3.05, 3.63) is 60.2 Å². The van der Waals surface area contributed by atoms with Gasteiger partial charge in [-0.25, -0.2) is 13.1 Å². The molecule has 8 heteroatoms. The number of carbonyl (C=O) groups is 1. The summed E-state index contributed by atoms with van der Waals surface area (Å²) in [5, 5.41) is 0. The molecule has 1 aliphatic heterocycles. The SMILES string of the molecule is NC(=O)c1ccc(O[C@@H]2CCOC[C@H]2NS(=O)(=O)c2ccccc2)cc1. The minimum Gasteiger partial charge on any atom is -0.489 e. The Kier molecular flexibility index (Phi) is 5.55. The van der Waals surface area contributed by atoms with Crippen LogP contribution in [0.4, 0.5) is 0 Å². The Morgan fingerprint density at radius 3 is 2.46 bits per heavy atom. The first-order valence-corrected chi connectivity index (χ1v) is 9.66. The molecule has 3 rings (SSSR count). The second-order valence-corrected chi connectivity index (χ2v) is 7.66. The molecule has 1 aliphatic rings. The molecule has 26 heavy (non-hydrogen) atoms. The number of ether oxygens (including phenoxy) is 2. The van der Waals surface area contributed by atoms with Gasteiger partial charge in [0.2, 0.25) is 15.9 Å². The summed E-state index contributed by atoms with van der Waals surface area (Å²) in [5.41, 5.74) is 5.60. The van der Waals surface area contributed by atoms with Crippen LogP contribution in [0.15, 0.2) is 59.5 Å². The minimum absolute atomic E-state index is 0.190. The average molecular weight is 376 g/mol. The van der Waals surface area contributed by atoms with Gasteiger partial charge in [-0.05, 0) is 36.4 Å². The van der Waals surface area contributed by atoms with Gasteiger partial charge in [0, 0.05) is 12.0 Å². The van der Waals surface area contributed by atoms with Gasteiger partial charge in [0.05, 0.1) is 24.2 Å². The highest BCUT2D eigenvalue weighted by atomic mass is 32.2. The van der Waals surface area contributed by atoms with E-state index < -0.39 is 22.0 Å². The predicted molar refractivity (Wildman–Crippen MR) is 95.4 cm³/mol. The molecule has 1 amide bonds. The fourth-order valence-electron chi connectivity index (χ4n) is 2.71. The highest BCUT2D eigenvalue weighted by Gasteiger charge is 2.31. The summed E-state index contributed by atoms with van der Waals surface area (Å²) in [4.78, 5) is 11.3. The predicted octanol–water partition coefficient (Wildman–Crippen LogP) is 1.30. The molecule has 0 saturated carbocycles. The molecule has 0 radical (unpaired) electrons. The zero-order chi connectivity index (χ0) is 18.6. The fourth-order valence-corrected chi connectivity index (χ4v) is 3.98. The highest BCUT2D eigenvalue weighted by Crippen LogP contribution is 2.20. The van der Waals surface area contributed by atoms with Crippen LogP contribution < -0.4 is 15.2 Å². The van der Waals surface area contributed by atoms with Crippen molar-refractivity contribution in [2.24, 2.45) is 5.73 Å². The Balaban J connectivity index is 1.72. The zero-order valence-electron chi connectivity index (χ0n) is 14.0. The van der Waals surface area contributed by atoms with E-state index in [0.717, 1.165) is 0 Å². The average Bonchev–Trinajstić information content (AvgIpc) is 2.64. The largest absolute Gasteiger partial charge is 0.489 e. The summed E-state index contributed by atoms with van der Waals surface area (Å²) in [6, 6.07) is 14.0. The van der Waals surface area contributed by atoms with Crippen molar-refractivity contribution in [3.8, 4) is 5.75 Å². The van der Waals surface area contributed by atoms with Crippen LogP contribution in [0.3, 0.4) is 0 Å². The van der Waals surface area contributed by atoms with Crippen molar-refractivity contribution in [1.29, 1.82) is 0 Å². The maximum absolute atomic E-state index is 12.5. The number of nitrogens with one attached hydrogen (secondary N) is 1. The number of sulfonamides is 1. The number of primary amides is 1. The number of carbonyl (C=O) groups excluding carboxylic acids is 1. The maximum Gasteiger partial charge on any atom is 0.248 e. The van der Waals surface area contributed by atoms with Crippen molar-refractivity contribution in [3.63, 3.8) is 0 Å². The molecular formula is C18H20N2O5S. The van der Waals surface area contributed by atoms with E-state index in [0.29, 0.717) is 24.3 Å². The van der Waals surface area contributed by atoms with E-state index in [1.165, 1.54) is 12.1 Å². The van der Waals surface area contributed by atoms with Gasteiger partial charge < -0.3 is 15.2 Å². The van der Waals surface area contributed by atoms with Crippen LogP contribution in [0.1, 0.15) is 16.8 Å². The van der Waals surface area contributed by atoms with Gasteiger partial charge in [-0.1, -0.05) is 18.2 Å². The minimum atomic E-state index is -3.67. The molecule has 0 aromatic heterocycles. The van der Waals surface area contributed by atoms with Gasteiger partial charge in [0.15, 0.2) is 0 Å². The summed E-state index contributed by atoms with van der Waals surface area (Å²) in [7, 11) is -3.67. The van der Waals surface area contributed by atoms with Crippen LogP contribution >= 0.6 is 0 Å². The molecule has 1 saturated heterocycles. The quantitative estimate of drug-likeness (QED) is 0.790. The zero-order valence-corrected chi connectivity index (χ0v) is 14.8. The summed E-state index contributed by atoms with van der Waals surface area (Å²) >= 11 is 0. The molecule has 2 atom stereocenters. The lowest BCUT2D eigenvalue weighted by atomic mass is 10.1. The van der Waals surface area contributed by atoms with Crippen LogP contribution in [-0.2, 0) is 14.8 Å². The third-order valence-corrected chi connectivity index (χ3v) is 5.59. The van der Waals surface area contributed by atoms with E-state index in [2.05, 4.69) is 4.72 Å². The van der Waals surface area contributed by atoms with Crippen molar-refractivity contribution in [1.82, 2.24) is 4.72 Å². The van der Waals surface area contributed by atoms with Gasteiger partial charge >= 0.3 is 0 Å². The van der Waals surface area contributed by atoms with E-state index in [-0.39, 0.29) is 17.6 Å². The lowest BCUT2D eigenvalue weighted by molar-refractivity contribution is 0.00321. The normalized spacial score (nSPS) is 20.5. The summed E-state index contributed by atoms with van der Waals surface area (Å²) in [5.74, 6) is 0.0157. The summed E-state index contributed by atoms with van der Waals surface area (Å²) in [6.45, 7) is 0.698. The number of nitrogens with two attached hydrogens (primary N) is 1. The number of amides is 1. The first-order valence-electron chi connectivity index (χ1n) is 8.17. The van der Waals surface area contributed by atoms with Crippen LogP contribution in [0.2, 0.25) is 0 Å². The van der Waals surface area contributed by atoms with Gasteiger partial charge in [0.1, 0.15) is 11.9 Å². The molecule has 0 unspecified atom stereocenters. The molecule has 1 fully saturated rings. The third kappa shape index (κ3) is 4.40. The second-order valence-electron chi connectivity index (χ2n) is 5.95. The Hall–Kier alpha value is -2.42. The molecule has 7 nitrogen and oxygen atoms in total. The van der Waals surface area contributed by atoms with Crippen molar-refractivity contribution in [2.75, 3.05) is 13.2 Å². The smallest absolute Gasteiger partial charge is 0.248 e. The number of rotatable bonds is 6. The first kappa shape index (κ1) is 18.4. The first-order chi connectivity index (χ1) is 12.5. The molecule has 0 aliphatic carbocycles. The Bertz CT molecular complexity index is 853. The number of hydrogen-bond acceptors (Lipinski definition) is 5. The van der Waals surface area contributed by atoms with Gasteiger partial charge in [-0.15, -0.1) is 0 Å². The Morgan fingerprint density at radius 2 is 1.81 bits per heavy atom. The summed E-state index contributed by atoms with van der Waals surface area (Å²) < 4.78 is 39.1. The van der Waals surface area contributed by atoms with E-state index in [1.807, 2.05) is 0 Å². The van der Waals surface area contributed by atoms with Gasteiger partial charge in [-0.3, -0.25) is 4.79 Å². The Morgan fingerprint density at radius 1 is 1.12 bits per heavy atom. The molecule has 3 N–H and O–H groups in total. The lowest BCUT2D eigenvalue weighted by Gasteiger charge is -2.32.